The van der Waals surface area contributed by atoms with Gasteiger partial charge in [0.15, 0.2) is 0 Å². The van der Waals surface area contributed by atoms with Gasteiger partial charge >= 0.3 is 12.1 Å². The fourth-order valence-electron chi connectivity index (χ4n) is 4.48. The Bertz CT molecular complexity index is 1400. The number of nitrogens with one attached hydrogen (secondary N) is 1. The number of carbonyl (C=O) groups excluding carboxylic acids is 1. The van der Waals surface area contributed by atoms with E-state index >= 15 is 0 Å². The zero-order valence-corrected chi connectivity index (χ0v) is 20.2. The van der Waals surface area contributed by atoms with E-state index in [9.17, 15) is 27.2 Å². The van der Waals surface area contributed by atoms with Crippen molar-refractivity contribution in [3.63, 3.8) is 0 Å². The van der Waals surface area contributed by atoms with Crippen molar-refractivity contribution >= 4 is 17.7 Å². The molecule has 1 amide bonds. The molecule has 1 saturated heterocycles. The van der Waals surface area contributed by atoms with Crippen LogP contribution in [-0.4, -0.2) is 41.2 Å². The predicted octanol–water partition coefficient (Wildman–Crippen LogP) is 4.93. The Hall–Kier alpha value is -4.15. The number of pyridine rings is 1. The van der Waals surface area contributed by atoms with Crippen LogP contribution in [0.1, 0.15) is 50.2 Å². The molecule has 5 rings (SSSR count). The average Bonchev–Trinajstić information content (AvgIpc) is 3.62. The second kappa shape index (κ2) is 9.30. The maximum absolute atomic E-state index is 13.6. The summed E-state index contributed by atoms with van der Waals surface area (Å²) in [6.07, 6.45) is -2.27. The number of aryl methyl sites for hydroxylation is 1. The molecule has 7 nitrogen and oxygen atoms in total. The molecule has 2 aromatic carbocycles. The highest BCUT2D eigenvalue weighted by Crippen LogP contribution is 2.46. The van der Waals surface area contributed by atoms with Crippen molar-refractivity contribution in [3.8, 4) is 5.75 Å². The first-order valence-corrected chi connectivity index (χ1v) is 11.9. The highest BCUT2D eigenvalue weighted by atomic mass is 19.4. The number of aromatic carboxylic acids is 1. The van der Waals surface area contributed by atoms with E-state index in [0.29, 0.717) is 30.3 Å². The fourth-order valence-corrected chi connectivity index (χ4v) is 4.48. The number of nitrogens with zero attached hydrogens (tertiary/aromatic N) is 2. The van der Waals surface area contributed by atoms with Crippen LogP contribution in [0.4, 0.5) is 23.4 Å². The molecule has 0 spiro atoms. The summed E-state index contributed by atoms with van der Waals surface area (Å²) in [5.41, 5.74) is 0.108. The van der Waals surface area contributed by atoms with Crippen LogP contribution in [0.2, 0.25) is 0 Å². The molecule has 11 heteroatoms. The lowest BCUT2D eigenvalue weighted by Gasteiger charge is -2.40. The normalized spacial score (nSPS) is 16.5. The standard InChI is InChI=1S/C27H23F4N3O4/c1-15-10-20(24(35)33-26(8-9-26)17-4-2-16(3-5-17)25(36)37)23(32-12-15)34-13-19(14-34)38-18-6-7-22(28)21(11-18)27(29,30)31/h2-7,10-12,19H,8-9,13-14H2,1H3,(H,33,35)(H,36,37). The summed E-state index contributed by atoms with van der Waals surface area (Å²) in [7, 11) is 0. The van der Waals surface area contributed by atoms with Gasteiger partial charge in [-0.05, 0) is 67.3 Å². The van der Waals surface area contributed by atoms with E-state index in [0.717, 1.165) is 23.3 Å². The number of hydrogen-bond donors (Lipinski definition) is 2. The third-order valence-electron chi connectivity index (χ3n) is 6.73. The lowest BCUT2D eigenvalue weighted by Crippen LogP contribution is -2.55. The number of carbonyl (C=O) groups is 2. The van der Waals surface area contributed by atoms with E-state index in [2.05, 4.69) is 10.3 Å². The van der Waals surface area contributed by atoms with Crippen LogP contribution in [0.25, 0.3) is 0 Å². The van der Waals surface area contributed by atoms with Gasteiger partial charge in [0.1, 0.15) is 23.5 Å². The Kier molecular flexibility index (Phi) is 6.24. The van der Waals surface area contributed by atoms with Gasteiger partial charge in [0.25, 0.3) is 5.91 Å². The lowest BCUT2D eigenvalue weighted by molar-refractivity contribution is -0.140. The minimum atomic E-state index is -4.83. The molecular weight excluding hydrogens is 506 g/mol. The van der Waals surface area contributed by atoms with Crippen LogP contribution >= 0.6 is 0 Å². The number of aromatic nitrogens is 1. The Labute approximate surface area is 215 Å². The van der Waals surface area contributed by atoms with Crippen molar-refractivity contribution in [2.24, 2.45) is 0 Å². The Morgan fingerprint density at radius 1 is 1.11 bits per heavy atom. The van der Waals surface area contributed by atoms with Crippen LogP contribution in [0.5, 0.6) is 5.75 Å². The summed E-state index contributed by atoms with van der Waals surface area (Å²) < 4.78 is 58.2. The highest BCUT2D eigenvalue weighted by Gasteiger charge is 2.46. The Balaban J connectivity index is 1.28. The minimum absolute atomic E-state index is 0.0946. The first-order valence-electron chi connectivity index (χ1n) is 11.9. The number of amides is 1. The molecule has 1 aliphatic heterocycles. The highest BCUT2D eigenvalue weighted by molar-refractivity contribution is 6.00. The molecule has 38 heavy (non-hydrogen) atoms. The van der Waals surface area contributed by atoms with Gasteiger partial charge in [-0.2, -0.15) is 13.2 Å². The summed E-state index contributed by atoms with van der Waals surface area (Å²) in [4.78, 5) is 30.7. The van der Waals surface area contributed by atoms with E-state index in [4.69, 9.17) is 9.84 Å². The van der Waals surface area contributed by atoms with Gasteiger partial charge in [-0.1, -0.05) is 12.1 Å². The molecule has 3 aromatic rings. The maximum Gasteiger partial charge on any atom is 0.419 e. The topological polar surface area (TPSA) is 91.8 Å². The smallest absolute Gasteiger partial charge is 0.419 e. The number of rotatable bonds is 7. The fraction of sp³-hybridized carbons (Fsp3) is 0.296. The SMILES string of the molecule is Cc1cnc(N2CC(Oc3ccc(F)c(C(F)(F)F)c3)C2)c(C(=O)NC2(c3ccc(C(=O)O)cc3)CC2)c1. The number of ether oxygens (including phenoxy) is 1. The summed E-state index contributed by atoms with van der Waals surface area (Å²) in [5, 5.41) is 12.2. The van der Waals surface area contributed by atoms with Gasteiger partial charge in [0.05, 0.1) is 35.3 Å². The van der Waals surface area contributed by atoms with Crippen LogP contribution in [0, 0.1) is 12.7 Å². The molecule has 2 N–H and O–H groups in total. The van der Waals surface area contributed by atoms with Crippen molar-refractivity contribution in [1.29, 1.82) is 0 Å². The lowest BCUT2D eigenvalue weighted by atomic mass is 10.0. The molecule has 0 atom stereocenters. The van der Waals surface area contributed by atoms with Gasteiger partial charge in [-0.15, -0.1) is 0 Å². The number of hydrogen-bond acceptors (Lipinski definition) is 5. The first-order chi connectivity index (χ1) is 17.9. The molecule has 0 bridgehead atoms. The third kappa shape index (κ3) is 5.00. The van der Waals surface area contributed by atoms with E-state index < -0.39 is 35.2 Å². The molecular formula is C27H23F4N3O4. The first kappa shape index (κ1) is 25.5. The molecule has 1 saturated carbocycles. The predicted molar refractivity (Wildman–Crippen MR) is 129 cm³/mol. The summed E-state index contributed by atoms with van der Waals surface area (Å²) >= 11 is 0. The largest absolute Gasteiger partial charge is 0.487 e. The van der Waals surface area contributed by atoms with E-state index in [1.165, 1.54) is 12.1 Å². The van der Waals surface area contributed by atoms with Crippen LogP contribution in [-0.2, 0) is 11.7 Å². The molecule has 0 unspecified atom stereocenters. The zero-order valence-electron chi connectivity index (χ0n) is 20.2. The number of carboxylic acid groups (broad SMARTS) is 1. The van der Waals surface area contributed by atoms with Crippen molar-refractivity contribution in [2.75, 3.05) is 18.0 Å². The van der Waals surface area contributed by atoms with Crippen LogP contribution < -0.4 is 15.0 Å². The van der Waals surface area contributed by atoms with E-state index in [1.54, 1.807) is 36.2 Å². The van der Waals surface area contributed by atoms with Crippen LogP contribution in [0.15, 0.2) is 54.7 Å². The van der Waals surface area contributed by atoms with Crippen LogP contribution in [0.3, 0.4) is 0 Å². The van der Waals surface area contributed by atoms with Gasteiger partial charge in [0, 0.05) is 6.20 Å². The molecule has 2 heterocycles. The third-order valence-corrected chi connectivity index (χ3v) is 6.73. The molecule has 2 aliphatic rings. The van der Waals surface area contributed by atoms with Crippen molar-refractivity contribution in [1.82, 2.24) is 10.3 Å². The number of alkyl halides is 3. The summed E-state index contributed by atoms with van der Waals surface area (Å²) in [6, 6.07) is 10.6. The zero-order chi connectivity index (χ0) is 27.2. The Morgan fingerprint density at radius 3 is 2.39 bits per heavy atom. The molecule has 2 fully saturated rings. The average molecular weight is 529 g/mol. The number of halogens is 4. The maximum atomic E-state index is 13.6. The summed E-state index contributed by atoms with van der Waals surface area (Å²) in [5.74, 6) is -2.42. The molecule has 1 aliphatic carbocycles. The van der Waals surface area contributed by atoms with Crippen molar-refractivity contribution in [2.45, 2.75) is 37.6 Å². The quantitative estimate of drug-likeness (QED) is 0.422. The molecule has 0 radical (unpaired) electrons. The van der Waals surface area contributed by atoms with Gasteiger partial charge < -0.3 is 20.1 Å². The number of carboxylic acids is 1. The molecule has 198 valence electrons. The summed E-state index contributed by atoms with van der Waals surface area (Å²) in [6.45, 7) is 2.35. The Morgan fingerprint density at radius 2 is 1.79 bits per heavy atom. The van der Waals surface area contributed by atoms with E-state index in [-0.39, 0.29) is 30.3 Å². The number of benzene rings is 2. The minimum Gasteiger partial charge on any atom is -0.487 e. The van der Waals surface area contributed by atoms with Crippen molar-refractivity contribution in [3.05, 3.63) is 88.4 Å². The second-order valence-electron chi connectivity index (χ2n) is 9.59. The number of anilines is 1. The van der Waals surface area contributed by atoms with Gasteiger partial charge in [-0.25, -0.2) is 14.2 Å². The van der Waals surface area contributed by atoms with Gasteiger partial charge in [-0.3, -0.25) is 4.79 Å². The molecule has 1 aromatic heterocycles. The van der Waals surface area contributed by atoms with Gasteiger partial charge in [0.2, 0.25) is 0 Å². The van der Waals surface area contributed by atoms with E-state index in [1.807, 2.05) is 0 Å². The monoisotopic (exact) mass is 529 g/mol. The second-order valence-corrected chi connectivity index (χ2v) is 9.59. The van der Waals surface area contributed by atoms with Crippen molar-refractivity contribution < 1.29 is 37.0 Å².